The summed E-state index contributed by atoms with van der Waals surface area (Å²) in [5.74, 6) is -2.18. The Labute approximate surface area is 123 Å². The molecule has 1 N–H and O–H groups in total. The Morgan fingerprint density at radius 3 is 2.10 bits per heavy atom. The molecule has 0 radical (unpaired) electrons. The number of anilines is 2. The summed E-state index contributed by atoms with van der Waals surface area (Å²) in [5.41, 5.74) is 1.55. The van der Waals surface area contributed by atoms with E-state index >= 15 is 0 Å². The van der Waals surface area contributed by atoms with Gasteiger partial charge in [0.05, 0.1) is 11.3 Å². The molecule has 0 heterocycles. The molecule has 0 unspecified atom stereocenters. The minimum Gasteiger partial charge on any atom is -0.353 e. The number of hydrogen-bond donors (Lipinski definition) is 1. The lowest BCUT2D eigenvalue weighted by molar-refractivity contribution is 0.509. The number of nitrogens with zero attached hydrogens (tertiary/aromatic N) is 1. The second-order valence-corrected chi connectivity index (χ2v) is 5.85. The summed E-state index contributed by atoms with van der Waals surface area (Å²) >= 11 is 0. The molecule has 0 aliphatic rings. The molecule has 0 atom stereocenters. The third-order valence-electron chi connectivity index (χ3n) is 3.23. The summed E-state index contributed by atoms with van der Waals surface area (Å²) in [7, 11) is 0. The van der Waals surface area contributed by atoms with Crippen LogP contribution in [0.25, 0.3) is 0 Å². The standard InChI is InChI=1S/C17H16F2N2/c1-17(2,3)12-5-7-13(8-6-12)21-14-9-4-11(10-20)15(18)16(14)19/h4-9,21H,1-3H3. The van der Waals surface area contributed by atoms with Gasteiger partial charge in [-0.15, -0.1) is 0 Å². The highest BCUT2D eigenvalue weighted by Crippen LogP contribution is 2.27. The van der Waals surface area contributed by atoms with Crippen molar-refractivity contribution in [3.05, 3.63) is 59.2 Å². The molecule has 21 heavy (non-hydrogen) atoms. The van der Waals surface area contributed by atoms with E-state index in [-0.39, 0.29) is 16.7 Å². The average Bonchev–Trinajstić information content (AvgIpc) is 2.44. The second kappa shape index (κ2) is 5.53. The predicted molar refractivity (Wildman–Crippen MR) is 79.5 cm³/mol. The van der Waals surface area contributed by atoms with Crippen LogP contribution in [0, 0.1) is 23.0 Å². The van der Waals surface area contributed by atoms with Crippen LogP contribution < -0.4 is 5.32 Å². The topological polar surface area (TPSA) is 35.8 Å². The number of nitrogens with one attached hydrogen (secondary N) is 1. The Hall–Kier alpha value is -2.41. The zero-order valence-electron chi connectivity index (χ0n) is 12.2. The Balaban J connectivity index is 2.27. The van der Waals surface area contributed by atoms with Crippen LogP contribution in [0.2, 0.25) is 0 Å². The molecule has 0 aromatic heterocycles. The Morgan fingerprint density at radius 1 is 0.952 bits per heavy atom. The first-order valence-corrected chi connectivity index (χ1v) is 6.58. The predicted octanol–water partition coefficient (Wildman–Crippen LogP) is 4.88. The first kappa shape index (κ1) is 15.0. The SMILES string of the molecule is CC(C)(C)c1ccc(Nc2ccc(C#N)c(F)c2F)cc1. The van der Waals surface area contributed by atoms with E-state index < -0.39 is 11.6 Å². The summed E-state index contributed by atoms with van der Waals surface area (Å²) in [6.45, 7) is 6.31. The summed E-state index contributed by atoms with van der Waals surface area (Å²) in [5, 5.41) is 11.5. The molecule has 0 saturated heterocycles. The number of rotatable bonds is 2. The molecule has 0 aliphatic heterocycles. The summed E-state index contributed by atoms with van der Waals surface area (Å²) < 4.78 is 27.4. The van der Waals surface area contributed by atoms with E-state index in [9.17, 15) is 8.78 Å². The minimum absolute atomic E-state index is 0.00927. The van der Waals surface area contributed by atoms with Gasteiger partial charge in [0, 0.05) is 5.69 Å². The van der Waals surface area contributed by atoms with Crippen LogP contribution in [0.4, 0.5) is 20.2 Å². The lowest BCUT2D eigenvalue weighted by Gasteiger charge is -2.19. The maximum atomic E-state index is 13.8. The molecule has 2 nitrogen and oxygen atoms in total. The number of hydrogen-bond acceptors (Lipinski definition) is 2. The highest BCUT2D eigenvalue weighted by atomic mass is 19.2. The van der Waals surface area contributed by atoms with Crippen molar-refractivity contribution in [2.24, 2.45) is 0 Å². The van der Waals surface area contributed by atoms with Crippen LogP contribution in [-0.4, -0.2) is 0 Å². The van der Waals surface area contributed by atoms with Gasteiger partial charge in [-0.2, -0.15) is 5.26 Å². The molecule has 2 rings (SSSR count). The van der Waals surface area contributed by atoms with Crippen molar-refractivity contribution < 1.29 is 8.78 Å². The minimum atomic E-state index is -1.13. The van der Waals surface area contributed by atoms with Gasteiger partial charge < -0.3 is 5.32 Å². The highest BCUT2D eigenvalue weighted by Gasteiger charge is 2.15. The van der Waals surface area contributed by atoms with E-state index in [2.05, 4.69) is 26.1 Å². The van der Waals surface area contributed by atoms with Crippen molar-refractivity contribution in [2.75, 3.05) is 5.32 Å². The zero-order chi connectivity index (χ0) is 15.6. The van der Waals surface area contributed by atoms with Crippen molar-refractivity contribution >= 4 is 11.4 Å². The van der Waals surface area contributed by atoms with Crippen molar-refractivity contribution in [1.29, 1.82) is 5.26 Å². The Bertz CT molecular complexity index is 692. The van der Waals surface area contributed by atoms with Gasteiger partial charge in [-0.05, 0) is 35.2 Å². The molecule has 108 valence electrons. The molecule has 0 bridgehead atoms. The number of benzene rings is 2. The van der Waals surface area contributed by atoms with Crippen molar-refractivity contribution in [1.82, 2.24) is 0 Å². The quantitative estimate of drug-likeness (QED) is 0.854. The molecule has 4 heteroatoms. The van der Waals surface area contributed by atoms with Gasteiger partial charge in [-0.25, -0.2) is 8.78 Å². The van der Waals surface area contributed by atoms with Crippen LogP contribution in [0.1, 0.15) is 31.9 Å². The van der Waals surface area contributed by atoms with Crippen molar-refractivity contribution in [3.63, 3.8) is 0 Å². The number of nitriles is 1. The normalized spacial score (nSPS) is 11.0. The highest BCUT2D eigenvalue weighted by molar-refractivity contribution is 5.62. The summed E-state index contributed by atoms with van der Waals surface area (Å²) in [4.78, 5) is 0. The van der Waals surface area contributed by atoms with E-state index in [1.54, 1.807) is 6.07 Å². The lowest BCUT2D eigenvalue weighted by atomic mass is 9.87. The third-order valence-corrected chi connectivity index (χ3v) is 3.23. The molecule has 0 fully saturated rings. The maximum absolute atomic E-state index is 13.8. The smallest absolute Gasteiger partial charge is 0.183 e. The van der Waals surface area contributed by atoms with Crippen LogP contribution >= 0.6 is 0 Å². The maximum Gasteiger partial charge on any atom is 0.183 e. The van der Waals surface area contributed by atoms with Gasteiger partial charge in [-0.1, -0.05) is 32.9 Å². The molecule has 2 aromatic carbocycles. The van der Waals surface area contributed by atoms with Gasteiger partial charge >= 0.3 is 0 Å². The van der Waals surface area contributed by atoms with E-state index in [1.807, 2.05) is 24.3 Å². The fraction of sp³-hybridized carbons (Fsp3) is 0.235. The van der Waals surface area contributed by atoms with Gasteiger partial charge in [0.15, 0.2) is 11.6 Å². The van der Waals surface area contributed by atoms with Gasteiger partial charge in [0.1, 0.15) is 6.07 Å². The average molecular weight is 286 g/mol. The van der Waals surface area contributed by atoms with Crippen LogP contribution in [0.5, 0.6) is 0 Å². The van der Waals surface area contributed by atoms with Crippen molar-refractivity contribution in [3.8, 4) is 6.07 Å². The molecule has 2 aromatic rings. The molecular weight excluding hydrogens is 270 g/mol. The molecular formula is C17H16F2N2. The van der Waals surface area contributed by atoms with Crippen LogP contribution in [0.15, 0.2) is 36.4 Å². The van der Waals surface area contributed by atoms with E-state index in [0.717, 1.165) is 5.56 Å². The van der Waals surface area contributed by atoms with Gasteiger partial charge in [0.2, 0.25) is 0 Å². The second-order valence-electron chi connectivity index (χ2n) is 5.85. The molecule has 0 saturated carbocycles. The van der Waals surface area contributed by atoms with Crippen LogP contribution in [0.3, 0.4) is 0 Å². The first-order valence-electron chi connectivity index (χ1n) is 6.58. The molecule has 0 spiro atoms. The van der Waals surface area contributed by atoms with E-state index in [1.165, 1.54) is 12.1 Å². The lowest BCUT2D eigenvalue weighted by Crippen LogP contribution is -2.10. The largest absolute Gasteiger partial charge is 0.353 e. The monoisotopic (exact) mass is 286 g/mol. The third kappa shape index (κ3) is 3.19. The van der Waals surface area contributed by atoms with Crippen molar-refractivity contribution in [2.45, 2.75) is 26.2 Å². The fourth-order valence-corrected chi connectivity index (χ4v) is 1.94. The van der Waals surface area contributed by atoms with E-state index in [0.29, 0.717) is 5.69 Å². The Morgan fingerprint density at radius 2 is 1.57 bits per heavy atom. The van der Waals surface area contributed by atoms with Crippen LogP contribution in [-0.2, 0) is 5.41 Å². The summed E-state index contributed by atoms with van der Waals surface area (Å²) in [6.07, 6.45) is 0. The Kier molecular flexibility index (Phi) is 3.95. The fourth-order valence-electron chi connectivity index (χ4n) is 1.94. The summed E-state index contributed by atoms with van der Waals surface area (Å²) in [6, 6.07) is 11.7. The van der Waals surface area contributed by atoms with Gasteiger partial charge in [0.25, 0.3) is 0 Å². The molecule has 0 aliphatic carbocycles. The zero-order valence-corrected chi connectivity index (χ0v) is 12.2. The van der Waals surface area contributed by atoms with E-state index in [4.69, 9.17) is 5.26 Å². The molecule has 0 amide bonds. The van der Waals surface area contributed by atoms with Gasteiger partial charge in [-0.3, -0.25) is 0 Å². The number of halogens is 2. The first-order chi connectivity index (χ1) is 9.82.